The van der Waals surface area contributed by atoms with Crippen LogP contribution in [0.1, 0.15) is 17.5 Å². The SMILES string of the molecule is COc1ccc(S(=O)(=O)c2cc(Cl)cc3c2NC(=O)C3(CC(=O)N2CCN(c3ccncc3)CC2)c2ccccc2F)c(OC)c1. The second-order valence-corrected chi connectivity index (χ2v) is 13.3. The maximum absolute atomic E-state index is 15.7. The zero-order chi connectivity index (χ0) is 32.6. The van der Waals surface area contributed by atoms with Crippen molar-refractivity contribution in [3.8, 4) is 11.5 Å². The predicted octanol–water partition coefficient (Wildman–Crippen LogP) is 4.70. The maximum Gasteiger partial charge on any atom is 0.240 e. The number of piperazine rings is 1. The highest BCUT2D eigenvalue weighted by molar-refractivity contribution is 7.91. The Morgan fingerprint density at radius 3 is 2.35 bits per heavy atom. The van der Waals surface area contributed by atoms with Crippen molar-refractivity contribution in [3.05, 3.63) is 101 Å². The number of hydrogen-bond acceptors (Lipinski definition) is 8. The van der Waals surface area contributed by atoms with Crippen molar-refractivity contribution in [2.45, 2.75) is 21.6 Å². The average molecular weight is 665 g/mol. The van der Waals surface area contributed by atoms with Gasteiger partial charge in [-0.05, 0) is 48.0 Å². The molecular weight excluding hydrogens is 635 g/mol. The van der Waals surface area contributed by atoms with Gasteiger partial charge in [0.15, 0.2) is 0 Å². The number of amides is 2. The van der Waals surface area contributed by atoms with Crippen molar-refractivity contribution in [1.29, 1.82) is 0 Å². The predicted molar refractivity (Wildman–Crippen MR) is 170 cm³/mol. The van der Waals surface area contributed by atoms with Gasteiger partial charge in [0.05, 0.1) is 24.8 Å². The van der Waals surface area contributed by atoms with Crippen LogP contribution in [0.4, 0.5) is 15.8 Å². The Hall–Kier alpha value is -4.68. The van der Waals surface area contributed by atoms with Gasteiger partial charge in [-0.3, -0.25) is 14.6 Å². The molecule has 10 nitrogen and oxygen atoms in total. The molecular formula is C33H30ClFN4O6S. The topological polar surface area (TPSA) is 118 Å². The lowest BCUT2D eigenvalue weighted by atomic mass is 9.72. The standard InChI is InChI=1S/C33H30ClFN4O6S/c1-44-23-7-8-28(27(19-23)45-2)46(42,43)29-18-21(34)17-25-31(29)37-32(41)33(25,24-5-3-4-6-26(24)35)20-30(40)39-15-13-38(14-16-39)22-9-11-36-12-10-22/h3-12,17-19H,13-16,20H2,1-2H3,(H,37,41). The molecule has 3 heterocycles. The first-order chi connectivity index (χ1) is 22.1. The number of halogens is 2. The molecule has 13 heteroatoms. The largest absolute Gasteiger partial charge is 0.497 e. The molecule has 0 aliphatic carbocycles. The van der Waals surface area contributed by atoms with Crippen molar-refractivity contribution in [2.75, 3.05) is 50.6 Å². The molecule has 2 aliphatic rings. The van der Waals surface area contributed by atoms with Crippen LogP contribution >= 0.6 is 11.6 Å². The Kier molecular flexibility index (Phi) is 8.34. The Bertz CT molecular complexity index is 1940. The molecule has 1 unspecified atom stereocenters. The molecule has 2 aliphatic heterocycles. The lowest BCUT2D eigenvalue weighted by Gasteiger charge is -2.38. The summed E-state index contributed by atoms with van der Waals surface area (Å²) < 4.78 is 54.6. The van der Waals surface area contributed by atoms with Crippen molar-refractivity contribution in [2.24, 2.45) is 0 Å². The first-order valence-corrected chi connectivity index (χ1v) is 16.3. The van der Waals surface area contributed by atoms with Crippen LogP contribution in [0.25, 0.3) is 0 Å². The Balaban J connectivity index is 1.43. The minimum Gasteiger partial charge on any atom is -0.497 e. The molecule has 238 valence electrons. The molecule has 4 aromatic rings. The summed E-state index contributed by atoms with van der Waals surface area (Å²) in [6.07, 6.45) is 2.95. The second-order valence-electron chi connectivity index (χ2n) is 10.9. The van der Waals surface area contributed by atoms with E-state index in [1.807, 2.05) is 12.1 Å². The molecule has 0 radical (unpaired) electrons. The fourth-order valence-corrected chi connectivity index (χ4v) is 8.06. The van der Waals surface area contributed by atoms with E-state index in [0.717, 1.165) is 5.69 Å². The summed E-state index contributed by atoms with van der Waals surface area (Å²) in [5.74, 6) is -1.46. The zero-order valence-corrected chi connectivity index (χ0v) is 26.6. The van der Waals surface area contributed by atoms with E-state index in [2.05, 4.69) is 15.2 Å². The third-order valence-corrected chi connectivity index (χ3v) is 10.5. The third-order valence-electron chi connectivity index (χ3n) is 8.51. The molecule has 3 aromatic carbocycles. The van der Waals surface area contributed by atoms with Gasteiger partial charge in [0.1, 0.15) is 27.6 Å². The minimum absolute atomic E-state index is 0.0128. The summed E-state index contributed by atoms with van der Waals surface area (Å²) in [7, 11) is -1.62. The van der Waals surface area contributed by atoms with Gasteiger partial charge < -0.3 is 24.6 Å². The highest BCUT2D eigenvalue weighted by Crippen LogP contribution is 2.51. The van der Waals surface area contributed by atoms with Crippen LogP contribution in [-0.2, 0) is 24.8 Å². The normalized spacial score (nSPS) is 17.8. The number of pyridine rings is 1. The van der Waals surface area contributed by atoms with E-state index in [1.165, 1.54) is 62.8 Å². The molecule has 1 aromatic heterocycles. The Morgan fingerprint density at radius 2 is 1.67 bits per heavy atom. The van der Waals surface area contributed by atoms with Crippen molar-refractivity contribution in [1.82, 2.24) is 9.88 Å². The fraction of sp³-hybridized carbons (Fsp3) is 0.242. The molecule has 46 heavy (non-hydrogen) atoms. The highest BCUT2D eigenvalue weighted by Gasteiger charge is 2.53. The van der Waals surface area contributed by atoms with Crippen LogP contribution in [0.2, 0.25) is 5.02 Å². The van der Waals surface area contributed by atoms with Crippen LogP contribution < -0.4 is 19.7 Å². The summed E-state index contributed by atoms with van der Waals surface area (Å²) >= 11 is 6.55. The van der Waals surface area contributed by atoms with Gasteiger partial charge in [0, 0.05) is 67.3 Å². The molecule has 0 bridgehead atoms. The Labute approximate surface area is 270 Å². The second kappa shape index (κ2) is 12.3. The van der Waals surface area contributed by atoms with Crippen LogP contribution in [0, 0.1) is 5.82 Å². The van der Waals surface area contributed by atoms with E-state index in [0.29, 0.717) is 31.9 Å². The van der Waals surface area contributed by atoms with Gasteiger partial charge in [-0.2, -0.15) is 0 Å². The van der Waals surface area contributed by atoms with E-state index < -0.39 is 33.4 Å². The number of aromatic nitrogens is 1. The van der Waals surface area contributed by atoms with Crippen molar-refractivity contribution in [3.63, 3.8) is 0 Å². The third kappa shape index (κ3) is 5.31. The van der Waals surface area contributed by atoms with Gasteiger partial charge in [-0.15, -0.1) is 0 Å². The average Bonchev–Trinajstić information content (AvgIpc) is 3.35. The van der Waals surface area contributed by atoms with Crippen LogP contribution in [0.5, 0.6) is 11.5 Å². The molecule has 1 saturated heterocycles. The van der Waals surface area contributed by atoms with E-state index in [4.69, 9.17) is 21.1 Å². The van der Waals surface area contributed by atoms with E-state index >= 15 is 4.39 Å². The van der Waals surface area contributed by atoms with Gasteiger partial charge in [0.2, 0.25) is 21.7 Å². The van der Waals surface area contributed by atoms with Crippen LogP contribution in [0.3, 0.4) is 0 Å². The number of anilines is 2. The number of carbonyl (C=O) groups excluding carboxylic acids is 2. The van der Waals surface area contributed by atoms with E-state index in [9.17, 15) is 18.0 Å². The monoisotopic (exact) mass is 664 g/mol. The van der Waals surface area contributed by atoms with Gasteiger partial charge in [-0.1, -0.05) is 29.8 Å². The fourth-order valence-electron chi connectivity index (χ4n) is 6.17. The number of ether oxygens (including phenoxy) is 2. The molecule has 6 rings (SSSR count). The number of fused-ring (bicyclic) bond motifs is 1. The first-order valence-electron chi connectivity index (χ1n) is 14.4. The zero-order valence-electron chi connectivity index (χ0n) is 25.0. The summed E-state index contributed by atoms with van der Waals surface area (Å²) in [5.41, 5.74) is -0.983. The minimum atomic E-state index is -4.38. The molecule has 0 saturated carbocycles. The number of carbonyl (C=O) groups is 2. The maximum atomic E-state index is 15.7. The number of benzene rings is 3. The van der Waals surface area contributed by atoms with Crippen LogP contribution in [-0.4, -0.2) is 70.5 Å². The Morgan fingerprint density at radius 1 is 0.957 bits per heavy atom. The quantitative estimate of drug-likeness (QED) is 0.288. The summed E-state index contributed by atoms with van der Waals surface area (Å²) in [4.78, 5) is 35.4. The highest BCUT2D eigenvalue weighted by atomic mass is 35.5. The smallest absolute Gasteiger partial charge is 0.240 e. The lowest BCUT2D eigenvalue weighted by molar-refractivity contribution is -0.135. The van der Waals surface area contributed by atoms with Crippen LogP contribution in [0.15, 0.2) is 88.9 Å². The number of rotatable bonds is 8. The molecule has 1 N–H and O–H groups in total. The summed E-state index contributed by atoms with van der Waals surface area (Å²) in [6.45, 7) is 1.83. The van der Waals surface area contributed by atoms with E-state index in [-0.39, 0.29) is 43.3 Å². The number of nitrogens with zero attached hydrogens (tertiary/aromatic N) is 3. The van der Waals surface area contributed by atoms with Gasteiger partial charge in [-0.25, -0.2) is 12.8 Å². The van der Waals surface area contributed by atoms with Crippen molar-refractivity contribution >= 4 is 44.6 Å². The van der Waals surface area contributed by atoms with Gasteiger partial charge >= 0.3 is 0 Å². The molecule has 0 spiro atoms. The first kappa shape index (κ1) is 31.3. The molecule has 1 atom stereocenters. The summed E-state index contributed by atoms with van der Waals surface area (Å²) in [6, 6.07) is 16.3. The van der Waals surface area contributed by atoms with E-state index in [1.54, 1.807) is 23.4 Å². The summed E-state index contributed by atoms with van der Waals surface area (Å²) in [5, 5.41) is 2.68. The number of nitrogens with one attached hydrogen (secondary N) is 1. The number of methoxy groups -OCH3 is 2. The lowest BCUT2D eigenvalue weighted by Crippen LogP contribution is -2.51. The number of sulfone groups is 1. The number of hydrogen-bond donors (Lipinski definition) is 1. The molecule has 1 fully saturated rings. The van der Waals surface area contributed by atoms with Crippen molar-refractivity contribution < 1.29 is 31.9 Å². The molecule has 2 amide bonds. The van der Waals surface area contributed by atoms with Gasteiger partial charge in [0.25, 0.3) is 0 Å².